The molecular weight excluding hydrogens is 619 g/mol. The van der Waals surface area contributed by atoms with Gasteiger partial charge in [0.25, 0.3) is 0 Å². The molecule has 0 atom stereocenters. The number of fused-ring (bicyclic) bond motifs is 7. The van der Waals surface area contributed by atoms with Crippen LogP contribution in [0.1, 0.15) is 0 Å². The van der Waals surface area contributed by atoms with E-state index in [2.05, 4.69) is 180 Å². The zero-order valence-electron chi connectivity index (χ0n) is 27.7. The molecule has 0 N–H and O–H groups in total. The topological polar surface area (TPSA) is 30.7 Å². The fourth-order valence-corrected chi connectivity index (χ4v) is 7.58. The van der Waals surface area contributed by atoms with Crippen molar-refractivity contribution in [2.45, 2.75) is 0 Å². The van der Waals surface area contributed by atoms with Crippen molar-refractivity contribution in [2.75, 3.05) is 0 Å². The first-order valence-corrected chi connectivity index (χ1v) is 17.3. The monoisotopic (exact) mass is 649 g/mol. The number of rotatable bonds is 5. The standard InChI is InChI=1S/C48H31N3/c1-4-14-33(15-5-1)43-30-36(31-44(49-43)34-16-6-2-7-17-34)32-24-26-35(27-25-32)47-46-40(38-20-10-12-22-42(38)50-47)28-29-41-39-21-11-13-23-45(39)51(48(41)46)37-18-8-3-9-19-37/h1-31H. The summed E-state index contributed by atoms with van der Waals surface area (Å²) in [6.07, 6.45) is 0. The number of para-hydroxylation sites is 3. The van der Waals surface area contributed by atoms with Crippen LogP contribution in [0.25, 0.3) is 94.1 Å². The summed E-state index contributed by atoms with van der Waals surface area (Å²) in [7, 11) is 0. The minimum Gasteiger partial charge on any atom is -0.309 e. The van der Waals surface area contributed by atoms with Crippen LogP contribution in [0, 0.1) is 0 Å². The summed E-state index contributed by atoms with van der Waals surface area (Å²) >= 11 is 0. The molecule has 0 spiro atoms. The molecular formula is C48H31N3. The molecule has 0 unspecified atom stereocenters. The third-order valence-corrected chi connectivity index (χ3v) is 9.97. The van der Waals surface area contributed by atoms with Crippen molar-refractivity contribution in [1.82, 2.24) is 14.5 Å². The molecule has 0 radical (unpaired) electrons. The molecule has 0 bridgehead atoms. The molecule has 0 amide bonds. The summed E-state index contributed by atoms with van der Waals surface area (Å²) in [6, 6.07) is 66.6. The Morgan fingerprint density at radius 2 is 0.902 bits per heavy atom. The Balaban J connectivity index is 1.21. The molecule has 0 aliphatic carbocycles. The lowest BCUT2D eigenvalue weighted by molar-refractivity contribution is 1.19. The van der Waals surface area contributed by atoms with E-state index in [1.165, 1.54) is 27.2 Å². The fraction of sp³-hybridized carbons (Fsp3) is 0. The SMILES string of the molecule is c1ccc(-c2cc(-c3ccc(-c4nc5ccccc5c5ccc6c7ccccc7n(-c7ccccc7)c6c45)cc3)cc(-c3ccccc3)n2)cc1. The van der Waals surface area contributed by atoms with E-state index in [9.17, 15) is 0 Å². The van der Waals surface area contributed by atoms with Crippen molar-refractivity contribution >= 4 is 43.5 Å². The third kappa shape index (κ3) is 4.90. The lowest BCUT2D eigenvalue weighted by Crippen LogP contribution is -1.97. The molecule has 3 nitrogen and oxygen atoms in total. The van der Waals surface area contributed by atoms with Gasteiger partial charge in [-0.15, -0.1) is 0 Å². The summed E-state index contributed by atoms with van der Waals surface area (Å²) in [6.45, 7) is 0. The van der Waals surface area contributed by atoms with Crippen molar-refractivity contribution in [3.63, 3.8) is 0 Å². The van der Waals surface area contributed by atoms with E-state index in [-0.39, 0.29) is 0 Å². The summed E-state index contributed by atoms with van der Waals surface area (Å²) < 4.78 is 2.41. The Kier molecular flexibility index (Phi) is 6.81. The van der Waals surface area contributed by atoms with E-state index in [1.807, 2.05) is 12.1 Å². The number of nitrogens with zero attached hydrogens (tertiary/aromatic N) is 3. The van der Waals surface area contributed by atoms with E-state index < -0.39 is 0 Å². The average Bonchev–Trinajstić information content (AvgIpc) is 3.56. The summed E-state index contributed by atoms with van der Waals surface area (Å²) in [4.78, 5) is 10.5. The van der Waals surface area contributed by atoms with Gasteiger partial charge in [-0.25, -0.2) is 9.97 Å². The van der Waals surface area contributed by atoms with Crippen LogP contribution in [-0.2, 0) is 0 Å². The van der Waals surface area contributed by atoms with Gasteiger partial charge in [0.2, 0.25) is 0 Å². The first kappa shape index (κ1) is 29.1. The molecule has 0 aliphatic rings. The minimum atomic E-state index is 0.953. The number of aromatic nitrogens is 3. The lowest BCUT2D eigenvalue weighted by Gasteiger charge is -2.15. The number of hydrogen-bond acceptors (Lipinski definition) is 2. The van der Waals surface area contributed by atoms with Crippen LogP contribution in [-0.4, -0.2) is 14.5 Å². The van der Waals surface area contributed by atoms with Crippen LogP contribution in [0.5, 0.6) is 0 Å². The average molecular weight is 650 g/mol. The van der Waals surface area contributed by atoms with Crippen molar-refractivity contribution in [3.05, 3.63) is 188 Å². The second-order valence-corrected chi connectivity index (χ2v) is 13.0. The van der Waals surface area contributed by atoms with Gasteiger partial charge in [0, 0.05) is 43.9 Å². The Morgan fingerprint density at radius 3 is 1.59 bits per heavy atom. The normalized spacial score (nSPS) is 11.5. The van der Waals surface area contributed by atoms with Gasteiger partial charge in [0.15, 0.2) is 0 Å². The van der Waals surface area contributed by atoms with E-state index in [0.29, 0.717) is 0 Å². The maximum absolute atomic E-state index is 5.42. The van der Waals surface area contributed by atoms with Gasteiger partial charge in [-0.2, -0.15) is 0 Å². The lowest BCUT2D eigenvalue weighted by atomic mass is 9.95. The molecule has 0 aliphatic heterocycles. The third-order valence-electron chi connectivity index (χ3n) is 9.97. The predicted molar refractivity (Wildman–Crippen MR) is 213 cm³/mol. The Labute approximate surface area is 295 Å². The van der Waals surface area contributed by atoms with Gasteiger partial charge in [0.05, 0.1) is 33.6 Å². The van der Waals surface area contributed by atoms with Crippen LogP contribution in [0.2, 0.25) is 0 Å². The predicted octanol–water partition coefficient (Wildman–Crippen LogP) is 12.5. The summed E-state index contributed by atoms with van der Waals surface area (Å²) in [5.74, 6) is 0. The second kappa shape index (κ2) is 11.9. The first-order valence-electron chi connectivity index (χ1n) is 17.3. The second-order valence-electron chi connectivity index (χ2n) is 13.0. The molecule has 238 valence electrons. The van der Waals surface area contributed by atoms with Crippen molar-refractivity contribution < 1.29 is 0 Å². The zero-order chi connectivity index (χ0) is 33.7. The van der Waals surface area contributed by atoms with Crippen LogP contribution in [0.15, 0.2) is 188 Å². The van der Waals surface area contributed by atoms with E-state index in [0.717, 1.165) is 66.9 Å². The van der Waals surface area contributed by atoms with Crippen molar-refractivity contribution in [1.29, 1.82) is 0 Å². The maximum Gasteiger partial charge on any atom is 0.0809 e. The van der Waals surface area contributed by atoms with Crippen molar-refractivity contribution in [3.8, 4) is 50.6 Å². The molecule has 3 heterocycles. The van der Waals surface area contributed by atoms with E-state index >= 15 is 0 Å². The van der Waals surface area contributed by atoms with Gasteiger partial charge in [-0.1, -0.05) is 152 Å². The number of hydrogen-bond donors (Lipinski definition) is 0. The Morgan fingerprint density at radius 1 is 0.353 bits per heavy atom. The van der Waals surface area contributed by atoms with Gasteiger partial charge in [0.1, 0.15) is 0 Å². The molecule has 51 heavy (non-hydrogen) atoms. The highest BCUT2D eigenvalue weighted by atomic mass is 15.0. The highest BCUT2D eigenvalue weighted by Crippen LogP contribution is 2.42. The van der Waals surface area contributed by atoms with E-state index in [4.69, 9.17) is 9.97 Å². The van der Waals surface area contributed by atoms with E-state index in [1.54, 1.807) is 0 Å². The Bertz CT molecular complexity index is 2820. The fourth-order valence-electron chi connectivity index (χ4n) is 7.58. The smallest absolute Gasteiger partial charge is 0.0809 e. The van der Waals surface area contributed by atoms with Crippen LogP contribution in [0.3, 0.4) is 0 Å². The highest BCUT2D eigenvalue weighted by molar-refractivity contribution is 6.25. The van der Waals surface area contributed by atoms with Crippen LogP contribution in [0.4, 0.5) is 0 Å². The maximum atomic E-state index is 5.42. The molecule has 3 heteroatoms. The van der Waals surface area contributed by atoms with Crippen LogP contribution < -0.4 is 0 Å². The molecule has 10 aromatic rings. The van der Waals surface area contributed by atoms with Crippen LogP contribution >= 0.6 is 0 Å². The van der Waals surface area contributed by atoms with Gasteiger partial charge in [-0.05, 0) is 52.9 Å². The summed E-state index contributed by atoms with van der Waals surface area (Å²) in [5, 5.41) is 5.95. The molecule has 3 aromatic heterocycles. The quantitative estimate of drug-likeness (QED) is 0.174. The van der Waals surface area contributed by atoms with Crippen molar-refractivity contribution in [2.24, 2.45) is 0 Å². The Hall–Kier alpha value is -6.84. The first-order chi connectivity index (χ1) is 25.3. The molecule has 10 rings (SSSR count). The molecule has 0 fully saturated rings. The highest BCUT2D eigenvalue weighted by Gasteiger charge is 2.20. The van der Waals surface area contributed by atoms with Gasteiger partial charge < -0.3 is 4.57 Å². The largest absolute Gasteiger partial charge is 0.309 e. The number of pyridine rings is 2. The number of benzene rings is 7. The minimum absolute atomic E-state index is 0.953. The molecule has 7 aromatic carbocycles. The molecule has 0 saturated carbocycles. The molecule has 0 saturated heterocycles. The van der Waals surface area contributed by atoms with Gasteiger partial charge in [-0.3, -0.25) is 0 Å². The van der Waals surface area contributed by atoms with Gasteiger partial charge >= 0.3 is 0 Å². The summed E-state index contributed by atoms with van der Waals surface area (Å²) in [5.41, 5.74) is 12.9. The zero-order valence-corrected chi connectivity index (χ0v) is 27.7.